The predicted octanol–water partition coefficient (Wildman–Crippen LogP) is 2.61. The lowest BCUT2D eigenvalue weighted by molar-refractivity contribution is -0.118. The SMILES string of the molecule is Cc1cccc(NC(=O)C2CC2(C)C)c1C(N)=S. The fraction of sp³-hybridized carbons (Fsp3) is 0.429. The predicted molar refractivity (Wildman–Crippen MR) is 77.6 cm³/mol. The zero-order valence-electron chi connectivity index (χ0n) is 10.9. The van der Waals surface area contributed by atoms with E-state index >= 15 is 0 Å². The highest BCUT2D eigenvalue weighted by molar-refractivity contribution is 7.80. The molecule has 1 aliphatic rings. The molecule has 1 fully saturated rings. The number of anilines is 1. The van der Waals surface area contributed by atoms with Crippen LogP contribution in [0.4, 0.5) is 5.69 Å². The van der Waals surface area contributed by atoms with Crippen molar-refractivity contribution in [3.8, 4) is 0 Å². The monoisotopic (exact) mass is 262 g/mol. The van der Waals surface area contributed by atoms with Crippen molar-refractivity contribution in [1.82, 2.24) is 0 Å². The zero-order valence-corrected chi connectivity index (χ0v) is 11.7. The summed E-state index contributed by atoms with van der Waals surface area (Å²) in [6, 6.07) is 5.67. The number of carbonyl (C=O) groups is 1. The highest BCUT2D eigenvalue weighted by Gasteiger charge is 2.50. The molecule has 0 heterocycles. The number of aryl methyl sites for hydroxylation is 1. The summed E-state index contributed by atoms with van der Waals surface area (Å²) >= 11 is 5.04. The lowest BCUT2D eigenvalue weighted by Crippen LogP contribution is -2.21. The fourth-order valence-corrected chi connectivity index (χ4v) is 2.50. The maximum absolute atomic E-state index is 12.1. The molecular weight excluding hydrogens is 244 g/mol. The van der Waals surface area contributed by atoms with Crippen molar-refractivity contribution in [3.63, 3.8) is 0 Å². The van der Waals surface area contributed by atoms with Crippen molar-refractivity contribution in [2.75, 3.05) is 5.32 Å². The maximum atomic E-state index is 12.1. The summed E-state index contributed by atoms with van der Waals surface area (Å²) in [7, 11) is 0. The highest BCUT2D eigenvalue weighted by atomic mass is 32.1. The van der Waals surface area contributed by atoms with Crippen LogP contribution in [0.2, 0.25) is 0 Å². The third-order valence-corrected chi connectivity index (χ3v) is 3.81. The van der Waals surface area contributed by atoms with Crippen LogP contribution in [0.25, 0.3) is 0 Å². The molecule has 1 amide bonds. The van der Waals surface area contributed by atoms with Crippen LogP contribution in [0, 0.1) is 18.3 Å². The molecule has 0 aromatic heterocycles. The smallest absolute Gasteiger partial charge is 0.228 e. The molecule has 1 aliphatic carbocycles. The van der Waals surface area contributed by atoms with Gasteiger partial charge < -0.3 is 11.1 Å². The topological polar surface area (TPSA) is 55.1 Å². The third-order valence-electron chi connectivity index (χ3n) is 3.61. The van der Waals surface area contributed by atoms with E-state index in [0.29, 0.717) is 4.99 Å². The second kappa shape index (κ2) is 4.35. The first-order valence-electron chi connectivity index (χ1n) is 6.03. The number of hydrogen-bond donors (Lipinski definition) is 2. The van der Waals surface area contributed by atoms with Gasteiger partial charge in [-0.25, -0.2) is 0 Å². The molecule has 3 nitrogen and oxygen atoms in total. The van der Waals surface area contributed by atoms with Gasteiger partial charge in [0.15, 0.2) is 0 Å². The average molecular weight is 262 g/mol. The molecule has 1 aromatic rings. The molecule has 3 N–H and O–H groups in total. The molecule has 2 rings (SSSR count). The molecular formula is C14H18N2OS. The van der Waals surface area contributed by atoms with Crippen LogP contribution in [-0.4, -0.2) is 10.9 Å². The standard InChI is InChI=1S/C14H18N2OS/c1-8-5-4-6-10(11(8)12(15)18)16-13(17)9-7-14(9,2)3/h4-6,9H,7H2,1-3H3,(H2,15,18)(H,16,17). The van der Waals surface area contributed by atoms with E-state index in [0.717, 1.165) is 23.2 Å². The number of nitrogens with two attached hydrogens (primary N) is 1. The molecule has 4 heteroatoms. The van der Waals surface area contributed by atoms with Gasteiger partial charge in [-0.15, -0.1) is 0 Å². The molecule has 0 radical (unpaired) electrons. The first kappa shape index (κ1) is 13.0. The van der Waals surface area contributed by atoms with Gasteiger partial charge in [0, 0.05) is 11.5 Å². The van der Waals surface area contributed by atoms with Crippen molar-refractivity contribution in [2.45, 2.75) is 27.2 Å². The molecule has 0 saturated heterocycles. The minimum absolute atomic E-state index is 0.0584. The normalized spacial score (nSPS) is 20.3. The second-order valence-corrected chi connectivity index (χ2v) is 6.04. The second-order valence-electron chi connectivity index (χ2n) is 5.60. The Hall–Kier alpha value is -1.42. The molecule has 1 atom stereocenters. The van der Waals surface area contributed by atoms with E-state index < -0.39 is 0 Å². The van der Waals surface area contributed by atoms with Gasteiger partial charge in [0.25, 0.3) is 0 Å². The van der Waals surface area contributed by atoms with Gasteiger partial charge in [0.05, 0.1) is 5.69 Å². The highest BCUT2D eigenvalue weighted by Crippen LogP contribution is 2.52. The Bertz CT molecular complexity index is 523. The van der Waals surface area contributed by atoms with Gasteiger partial charge in [0.1, 0.15) is 4.99 Å². The van der Waals surface area contributed by atoms with E-state index in [1.165, 1.54) is 0 Å². The molecule has 1 unspecified atom stereocenters. The molecule has 1 saturated carbocycles. The van der Waals surface area contributed by atoms with Crippen LogP contribution in [0.1, 0.15) is 31.4 Å². The Kier molecular flexibility index (Phi) is 3.15. The Balaban J connectivity index is 2.22. The Morgan fingerprint density at radius 1 is 1.50 bits per heavy atom. The summed E-state index contributed by atoms with van der Waals surface area (Å²) in [6.07, 6.45) is 0.938. The first-order valence-corrected chi connectivity index (χ1v) is 6.44. The number of rotatable bonds is 3. The summed E-state index contributed by atoms with van der Waals surface area (Å²) in [4.78, 5) is 12.4. The van der Waals surface area contributed by atoms with Crippen LogP contribution >= 0.6 is 12.2 Å². The third kappa shape index (κ3) is 2.38. The van der Waals surface area contributed by atoms with Crippen molar-refractivity contribution in [1.29, 1.82) is 0 Å². The number of nitrogens with one attached hydrogen (secondary N) is 1. The Morgan fingerprint density at radius 3 is 2.61 bits per heavy atom. The van der Waals surface area contributed by atoms with Crippen LogP contribution < -0.4 is 11.1 Å². The van der Waals surface area contributed by atoms with E-state index in [2.05, 4.69) is 19.2 Å². The molecule has 0 spiro atoms. The molecule has 1 aromatic carbocycles. The van der Waals surface area contributed by atoms with E-state index in [1.807, 2.05) is 25.1 Å². The van der Waals surface area contributed by atoms with Crippen molar-refractivity contribution >= 4 is 28.8 Å². The number of benzene rings is 1. The van der Waals surface area contributed by atoms with E-state index in [4.69, 9.17) is 18.0 Å². The van der Waals surface area contributed by atoms with E-state index in [9.17, 15) is 4.79 Å². The Labute approximate surface area is 113 Å². The van der Waals surface area contributed by atoms with Gasteiger partial charge in [-0.1, -0.05) is 38.2 Å². The quantitative estimate of drug-likeness (QED) is 0.823. The van der Waals surface area contributed by atoms with Gasteiger partial charge in [-0.05, 0) is 30.4 Å². The summed E-state index contributed by atoms with van der Waals surface area (Å²) in [5, 5.41) is 2.94. The average Bonchev–Trinajstić information content (AvgIpc) is 2.87. The summed E-state index contributed by atoms with van der Waals surface area (Å²) in [5.74, 6) is 0.153. The lowest BCUT2D eigenvalue weighted by Gasteiger charge is -2.13. The van der Waals surface area contributed by atoms with Crippen LogP contribution in [-0.2, 0) is 4.79 Å². The Morgan fingerprint density at radius 2 is 2.11 bits per heavy atom. The first-order chi connectivity index (χ1) is 8.33. The van der Waals surface area contributed by atoms with Gasteiger partial charge >= 0.3 is 0 Å². The maximum Gasteiger partial charge on any atom is 0.228 e. The van der Waals surface area contributed by atoms with E-state index in [-0.39, 0.29) is 17.2 Å². The van der Waals surface area contributed by atoms with Crippen molar-refractivity contribution in [3.05, 3.63) is 29.3 Å². The summed E-state index contributed by atoms with van der Waals surface area (Å²) in [6.45, 7) is 6.13. The van der Waals surface area contributed by atoms with Crippen molar-refractivity contribution in [2.24, 2.45) is 17.1 Å². The zero-order chi connectivity index (χ0) is 13.5. The van der Waals surface area contributed by atoms with Gasteiger partial charge in [-0.3, -0.25) is 4.79 Å². The fourth-order valence-electron chi connectivity index (χ4n) is 2.23. The van der Waals surface area contributed by atoms with Gasteiger partial charge in [-0.2, -0.15) is 0 Å². The molecule has 96 valence electrons. The molecule has 18 heavy (non-hydrogen) atoms. The van der Waals surface area contributed by atoms with Crippen LogP contribution in [0.5, 0.6) is 0 Å². The number of carbonyl (C=O) groups excluding carboxylic acids is 1. The molecule has 0 bridgehead atoms. The minimum atomic E-state index is 0.0584. The van der Waals surface area contributed by atoms with E-state index in [1.54, 1.807) is 0 Å². The van der Waals surface area contributed by atoms with Gasteiger partial charge in [0.2, 0.25) is 5.91 Å². The number of amides is 1. The molecule has 0 aliphatic heterocycles. The summed E-state index contributed by atoms with van der Waals surface area (Å²) < 4.78 is 0. The number of hydrogen-bond acceptors (Lipinski definition) is 2. The van der Waals surface area contributed by atoms with Crippen molar-refractivity contribution < 1.29 is 4.79 Å². The minimum Gasteiger partial charge on any atom is -0.389 e. The van der Waals surface area contributed by atoms with Crippen LogP contribution in [0.15, 0.2) is 18.2 Å². The largest absolute Gasteiger partial charge is 0.389 e. The summed E-state index contributed by atoms with van der Waals surface area (Å²) in [5.41, 5.74) is 8.30. The van der Waals surface area contributed by atoms with Crippen LogP contribution in [0.3, 0.4) is 0 Å². The lowest BCUT2D eigenvalue weighted by atomic mass is 10.1. The number of thiocarbonyl (C=S) groups is 1.